The fourth-order valence-electron chi connectivity index (χ4n) is 2.68. The van der Waals surface area contributed by atoms with Crippen LogP contribution in [0.15, 0.2) is 47.4 Å². The molecule has 0 aromatic heterocycles. The zero-order valence-corrected chi connectivity index (χ0v) is 14.5. The van der Waals surface area contributed by atoms with Crippen LogP contribution in [0.2, 0.25) is 0 Å². The number of nitrogens with one attached hydrogen (secondary N) is 1. The largest absolute Gasteiger partial charge is 0.477 e. The zero-order valence-electron chi connectivity index (χ0n) is 13.7. The number of para-hydroxylation sites is 2. The monoisotopic (exact) mass is 364 g/mol. The maximum atomic E-state index is 13.2. The Hall–Kier alpha value is -2.45. The second-order valence-corrected chi connectivity index (χ2v) is 7.47. The first-order valence-electron chi connectivity index (χ1n) is 7.58. The van der Waals surface area contributed by atoms with Gasteiger partial charge in [-0.05, 0) is 42.8 Å². The lowest BCUT2D eigenvalue weighted by atomic mass is 10.2. The van der Waals surface area contributed by atoms with E-state index in [4.69, 9.17) is 4.74 Å². The van der Waals surface area contributed by atoms with Gasteiger partial charge in [0.15, 0.2) is 6.10 Å². The number of ether oxygens (including phenoxy) is 1. The molecule has 1 atom stereocenters. The average molecular weight is 364 g/mol. The molecule has 2 aromatic carbocycles. The number of carbonyl (C=O) groups is 1. The van der Waals surface area contributed by atoms with Gasteiger partial charge in [-0.1, -0.05) is 12.1 Å². The van der Waals surface area contributed by atoms with E-state index < -0.39 is 21.9 Å². The first kappa shape index (κ1) is 17.4. The van der Waals surface area contributed by atoms with Crippen LogP contribution in [-0.4, -0.2) is 34.0 Å². The fraction of sp³-hybridized carbons (Fsp3) is 0.235. The predicted molar refractivity (Wildman–Crippen MR) is 90.6 cm³/mol. The molecule has 8 heteroatoms. The van der Waals surface area contributed by atoms with Crippen molar-refractivity contribution in [2.45, 2.75) is 17.9 Å². The van der Waals surface area contributed by atoms with E-state index >= 15 is 0 Å². The van der Waals surface area contributed by atoms with E-state index in [-0.39, 0.29) is 22.9 Å². The van der Waals surface area contributed by atoms with Gasteiger partial charge in [-0.3, -0.25) is 4.79 Å². The Morgan fingerprint density at radius 3 is 2.68 bits per heavy atom. The van der Waals surface area contributed by atoms with Gasteiger partial charge >= 0.3 is 0 Å². The molecule has 1 aliphatic heterocycles. The number of sulfonamides is 1. The molecule has 1 N–H and O–H groups in total. The smallest absolute Gasteiger partial charge is 0.269 e. The van der Waals surface area contributed by atoms with Crippen LogP contribution in [0.4, 0.5) is 10.1 Å². The number of benzene rings is 2. The molecular formula is C17H17FN2O4S. The van der Waals surface area contributed by atoms with E-state index in [9.17, 15) is 17.6 Å². The third kappa shape index (κ3) is 3.35. The SMILES string of the molecule is Cc1cc(F)ccc1S(=O)(=O)NCC1Oc2ccccc2N(C)C1=O. The Balaban J connectivity index is 1.78. The molecule has 1 heterocycles. The molecule has 1 amide bonds. The van der Waals surface area contributed by atoms with Crippen molar-refractivity contribution in [1.29, 1.82) is 0 Å². The van der Waals surface area contributed by atoms with Crippen molar-refractivity contribution in [3.8, 4) is 5.75 Å². The number of halogens is 1. The summed E-state index contributed by atoms with van der Waals surface area (Å²) in [4.78, 5) is 13.8. The van der Waals surface area contributed by atoms with Gasteiger partial charge in [0.25, 0.3) is 5.91 Å². The third-order valence-electron chi connectivity index (χ3n) is 3.99. The maximum Gasteiger partial charge on any atom is 0.269 e. The first-order valence-corrected chi connectivity index (χ1v) is 9.07. The Bertz CT molecular complexity index is 930. The fourth-order valence-corrected chi connectivity index (χ4v) is 3.94. The van der Waals surface area contributed by atoms with Crippen LogP contribution < -0.4 is 14.4 Å². The van der Waals surface area contributed by atoms with Crippen LogP contribution in [0.3, 0.4) is 0 Å². The minimum absolute atomic E-state index is 0.0362. The number of hydrogen-bond donors (Lipinski definition) is 1. The van der Waals surface area contributed by atoms with Crippen LogP contribution >= 0.6 is 0 Å². The van der Waals surface area contributed by atoms with Crippen LogP contribution in [0, 0.1) is 12.7 Å². The van der Waals surface area contributed by atoms with Gasteiger partial charge in [-0.15, -0.1) is 0 Å². The van der Waals surface area contributed by atoms with E-state index in [0.717, 1.165) is 12.1 Å². The molecule has 6 nitrogen and oxygen atoms in total. The number of rotatable bonds is 4. The molecule has 2 aromatic rings. The Kier molecular flexibility index (Phi) is 4.49. The topological polar surface area (TPSA) is 75.7 Å². The predicted octanol–water partition coefficient (Wildman–Crippen LogP) is 1.84. The molecule has 0 saturated carbocycles. The average Bonchev–Trinajstić information content (AvgIpc) is 2.56. The quantitative estimate of drug-likeness (QED) is 0.898. The second kappa shape index (κ2) is 6.45. The molecule has 0 spiro atoms. The number of likely N-dealkylation sites (N-methyl/N-ethyl adjacent to an activating group) is 1. The number of fused-ring (bicyclic) bond motifs is 1. The van der Waals surface area contributed by atoms with Crippen molar-refractivity contribution in [2.24, 2.45) is 0 Å². The summed E-state index contributed by atoms with van der Waals surface area (Å²) in [5.41, 5.74) is 0.909. The molecule has 1 unspecified atom stereocenters. The number of carbonyl (C=O) groups excluding carboxylic acids is 1. The van der Waals surface area contributed by atoms with Crippen molar-refractivity contribution >= 4 is 21.6 Å². The highest BCUT2D eigenvalue weighted by Crippen LogP contribution is 2.32. The van der Waals surface area contributed by atoms with Crippen LogP contribution in [-0.2, 0) is 14.8 Å². The van der Waals surface area contributed by atoms with Gasteiger partial charge in [0.05, 0.1) is 17.1 Å². The number of hydrogen-bond acceptors (Lipinski definition) is 4. The van der Waals surface area contributed by atoms with Crippen molar-refractivity contribution in [1.82, 2.24) is 4.72 Å². The molecule has 0 aliphatic carbocycles. The molecular weight excluding hydrogens is 347 g/mol. The van der Waals surface area contributed by atoms with Gasteiger partial charge in [0.2, 0.25) is 10.0 Å². The summed E-state index contributed by atoms with van der Waals surface area (Å²) >= 11 is 0. The molecule has 132 valence electrons. The summed E-state index contributed by atoms with van der Waals surface area (Å²) < 4.78 is 46.0. The minimum Gasteiger partial charge on any atom is -0.477 e. The highest BCUT2D eigenvalue weighted by molar-refractivity contribution is 7.89. The van der Waals surface area contributed by atoms with Crippen molar-refractivity contribution in [3.05, 3.63) is 53.8 Å². The number of aryl methyl sites for hydroxylation is 1. The standard InChI is InChI=1S/C17H17FN2O4S/c1-11-9-12(18)7-8-16(11)25(22,23)19-10-15-17(21)20(2)13-5-3-4-6-14(13)24-15/h3-9,15,19H,10H2,1-2H3. The summed E-state index contributed by atoms with van der Waals surface area (Å²) in [5, 5.41) is 0. The lowest BCUT2D eigenvalue weighted by Gasteiger charge is -2.31. The van der Waals surface area contributed by atoms with Gasteiger partial charge in [-0.25, -0.2) is 17.5 Å². The Morgan fingerprint density at radius 2 is 1.96 bits per heavy atom. The molecule has 0 radical (unpaired) electrons. The number of amides is 1. The van der Waals surface area contributed by atoms with Gasteiger partial charge in [0.1, 0.15) is 11.6 Å². The van der Waals surface area contributed by atoms with E-state index in [2.05, 4.69) is 4.72 Å². The summed E-state index contributed by atoms with van der Waals surface area (Å²) in [7, 11) is -2.29. The molecule has 0 bridgehead atoms. The van der Waals surface area contributed by atoms with Gasteiger partial charge < -0.3 is 9.64 Å². The summed E-state index contributed by atoms with van der Waals surface area (Å²) in [6.45, 7) is 1.28. The van der Waals surface area contributed by atoms with E-state index in [1.165, 1.54) is 17.9 Å². The van der Waals surface area contributed by atoms with Crippen molar-refractivity contribution < 1.29 is 22.3 Å². The van der Waals surface area contributed by atoms with E-state index in [1.54, 1.807) is 31.3 Å². The highest BCUT2D eigenvalue weighted by atomic mass is 32.2. The molecule has 3 rings (SSSR count). The first-order chi connectivity index (χ1) is 11.8. The molecule has 1 aliphatic rings. The van der Waals surface area contributed by atoms with Crippen LogP contribution in [0.5, 0.6) is 5.75 Å². The normalized spacial score (nSPS) is 17.2. The zero-order chi connectivity index (χ0) is 18.2. The lowest BCUT2D eigenvalue weighted by Crippen LogP contribution is -2.49. The molecule has 0 saturated heterocycles. The third-order valence-corrected chi connectivity index (χ3v) is 5.57. The van der Waals surface area contributed by atoms with Gasteiger partial charge in [0, 0.05) is 7.05 Å². The molecule has 0 fully saturated rings. The van der Waals surface area contributed by atoms with E-state index in [1.807, 2.05) is 0 Å². The number of nitrogens with zero attached hydrogens (tertiary/aromatic N) is 1. The Morgan fingerprint density at radius 1 is 1.24 bits per heavy atom. The van der Waals surface area contributed by atoms with Crippen molar-refractivity contribution in [3.63, 3.8) is 0 Å². The van der Waals surface area contributed by atoms with Crippen LogP contribution in [0.25, 0.3) is 0 Å². The lowest BCUT2D eigenvalue weighted by molar-refractivity contribution is -0.125. The summed E-state index contributed by atoms with van der Waals surface area (Å²) in [6, 6.07) is 10.4. The second-order valence-electron chi connectivity index (χ2n) is 5.73. The van der Waals surface area contributed by atoms with Crippen molar-refractivity contribution in [2.75, 3.05) is 18.5 Å². The Labute approximate surface area is 145 Å². The number of anilines is 1. The van der Waals surface area contributed by atoms with Gasteiger partial charge in [-0.2, -0.15) is 0 Å². The summed E-state index contributed by atoms with van der Waals surface area (Å²) in [5.74, 6) is -0.357. The molecule has 25 heavy (non-hydrogen) atoms. The maximum absolute atomic E-state index is 13.2. The highest BCUT2D eigenvalue weighted by Gasteiger charge is 2.33. The van der Waals surface area contributed by atoms with Crippen LogP contribution in [0.1, 0.15) is 5.56 Å². The minimum atomic E-state index is -3.89. The summed E-state index contributed by atoms with van der Waals surface area (Å²) in [6.07, 6.45) is -0.976. The van der Waals surface area contributed by atoms with E-state index in [0.29, 0.717) is 11.4 Å².